The van der Waals surface area contributed by atoms with Crippen molar-refractivity contribution in [2.45, 2.75) is 25.4 Å². The Morgan fingerprint density at radius 2 is 2.06 bits per heavy atom. The van der Waals surface area contributed by atoms with Crippen LogP contribution in [0.25, 0.3) is 0 Å². The van der Waals surface area contributed by atoms with Crippen molar-refractivity contribution in [3.63, 3.8) is 0 Å². The summed E-state index contributed by atoms with van der Waals surface area (Å²) in [5.41, 5.74) is 2.40. The number of anilines is 2. The number of nitrogens with two attached hydrogens (primary N) is 1. The highest BCUT2D eigenvalue weighted by atomic mass is 16.5. The second-order valence-corrected chi connectivity index (χ2v) is 3.95. The second-order valence-electron chi connectivity index (χ2n) is 3.95. The first-order chi connectivity index (χ1) is 7.69. The van der Waals surface area contributed by atoms with E-state index in [1.165, 1.54) is 6.42 Å². The third kappa shape index (κ3) is 2.30. The summed E-state index contributed by atoms with van der Waals surface area (Å²) in [6.07, 6.45) is 3.57. The monoisotopic (exact) mass is 224 g/mol. The van der Waals surface area contributed by atoms with Gasteiger partial charge in [0.15, 0.2) is 0 Å². The Kier molecular flexibility index (Phi) is 3.04. The summed E-state index contributed by atoms with van der Waals surface area (Å²) in [6.45, 7) is 0. The first kappa shape index (κ1) is 10.9. The van der Waals surface area contributed by atoms with Crippen molar-refractivity contribution in [1.82, 2.24) is 15.0 Å². The maximum atomic E-state index is 5.60. The minimum absolute atomic E-state index is 0.239. The third-order valence-corrected chi connectivity index (χ3v) is 2.46. The molecule has 88 valence electrons. The van der Waals surface area contributed by atoms with Gasteiger partial charge in [-0.15, -0.1) is 0 Å². The fourth-order valence-electron chi connectivity index (χ4n) is 1.30. The average molecular weight is 224 g/mol. The van der Waals surface area contributed by atoms with Gasteiger partial charge in [0.25, 0.3) is 0 Å². The standard InChI is InChI=1S/C9H16N6O/c1-15(2)8-11-7(14-10)12-9(13-8)16-6-4-3-5-6/h6H,3-5,10H2,1-2H3,(H,11,12,13,14). The highest BCUT2D eigenvalue weighted by Crippen LogP contribution is 2.24. The number of rotatable bonds is 4. The van der Waals surface area contributed by atoms with Crippen LogP contribution < -0.4 is 20.9 Å². The zero-order valence-electron chi connectivity index (χ0n) is 9.47. The van der Waals surface area contributed by atoms with Gasteiger partial charge in [0.2, 0.25) is 11.9 Å². The molecule has 1 fully saturated rings. The van der Waals surface area contributed by atoms with E-state index in [-0.39, 0.29) is 6.10 Å². The van der Waals surface area contributed by atoms with Gasteiger partial charge in [-0.3, -0.25) is 5.43 Å². The third-order valence-electron chi connectivity index (χ3n) is 2.46. The Morgan fingerprint density at radius 3 is 2.56 bits per heavy atom. The molecule has 1 aromatic heterocycles. The lowest BCUT2D eigenvalue weighted by molar-refractivity contribution is 0.108. The number of hydrazine groups is 1. The van der Waals surface area contributed by atoms with Gasteiger partial charge in [-0.1, -0.05) is 0 Å². The van der Waals surface area contributed by atoms with Gasteiger partial charge in [-0.2, -0.15) is 15.0 Å². The molecule has 0 bridgehead atoms. The van der Waals surface area contributed by atoms with Crippen LogP contribution in [0.15, 0.2) is 0 Å². The smallest absolute Gasteiger partial charge is 0.323 e. The Labute approximate surface area is 94.0 Å². The zero-order chi connectivity index (χ0) is 11.5. The van der Waals surface area contributed by atoms with Crippen LogP contribution in [0, 0.1) is 0 Å². The quantitative estimate of drug-likeness (QED) is 0.556. The van der Waals surface area contributed by atoms with Gasteiger partial charge in [0.05, 0.1) is 0 Å². The second kappa shape index (κ2) is 4.48. The van der Waals surface area contributed by atoms with E-state index in [1.54, 1.807) is 4.90 Å². The summed E-state index contributed by atoms with van der Waals surface area (Å²) in [5, 5.41) is 0. The molecule has 0 spiro atoms. The minimum atomic E-state index is 0.239. The predicted molar refractivity (Wildman–Crippen MR) is 60.2 cm³/mol. The van der Waals surface area contributed by atoms with Crippen molar-refractivity contribution >= 4 is 11.9 Å². The Hall–Kier alpha value is -1.63. The van der Waals surface area contributed by atoms with Crippen LogP contribution in [0.1, 0.15) is 19.3 Å². The molecule has 0 radical (unpaired) electrons. The fraction of sp³-hybridized carbons (Fsp3) is 0.667. The molecule has 0 aliphatic heterocycles. The molecule has 0 aromatic carbocycles. The van der Waals surface area contributed by atoms with E-state index in [9.17, 15) is 0 Å². The van der Waals surface area contributed by atoms with E-state index in [0.29, 0.717) is 17.9 Å². The van der Waals surface area contributed by atoms with Crippen molar-refractivity contribution in [3.05, 3.63) is 0 Å². The number of nitrogens with zero attached hydrogens (tertiary/aromatic N) is 4. The molecule has 1 aromatic rings. The van der Waals surface area contributed by atoms with E-state index < -0.39 is 0 Å². The lowest BCUT2D eigenvalue weighted by Gasteiger charge is -2.25. The maximum Gasteiger partial charge on any atom is 0.323 e. The molecule has 7 nitrogen and oxygen atoms in total. The van der Waals surface area contributed by atoms with E-state index in [2.05, 4.69) is 20.4 Å². The topological polar surface area (TPSA) is 89.2 Å². The number of ether oxygens (including phenoxy) is 1. The molecule has 0 amide bonds. The molecule has 1 aliphatic carbocycles. The van der Waals surface area contributed by atoms with Crippen molar-refractivity contribution in [1.29, 1.82) is 0 Å². The molecule has 1 aliphatic rings. The van der Waals surface area contributed by atoms with Gasteiger partial charge in [-0.25, -0.2) is 5.84 Å². The molecule has 0 atom stereocenters. The first-order valence-corrected chi connectivity index (χ1v) is 5.25. The summed E-state index contributed by atoms with van der Waals surface area (Å²) >= 11 is 0. The van der Waals surface area contributed by atoms with Crippen LogP contribution in [0.3, 0.4) is 0 Å². The van der Waals surface area contributed by atoms with Crippen LogP contribution in [0.4, 0.5) is 11.9 Å². The van der Waals surface area contributed by atoms with Crippen LogP contribution >= 0.6 is 0 Å². The molecule has 0 saturated heterocycles. The number of hydrogen-bond donors (Lipinski definition) is 2. The Balaban J connectivity index is 2.18. The van der Waals surface area contributed by atoms with Crippen molar-refractivity contribution in [3.8, 4) is 6.01 Å². The molecule has 1 heterocycles. The molecule has 0 unspecified atom stereocenters. The van der Waals surface area contributed by atoms with Gasteiger partial charge >= 0.3 is 6.01 Å². The van der Waals surface area contributed by atoms with Crippen LogP contribution in [0.2, 0.25) is 0 Å². The number of nitrogen functional groups attached to an aromatic ring is 1. The molecular formula is C9H16N6O. The van der Waals surface area contributed by atoms with Crippen molar-refractivity contribution < 1.29 is 4.74 Å². The number of hydrogen-bond acceptors (Lipinski definition) is 7. The highest BCUT2D eigenvalue weighted by Gasteiger charge is 2.21. The molecule has 1 saturated carbocycles. The summed E-state index contributed by atoms with van der Waals surface area (Å²) in [7, 11) is 3.70. The molecular weight excluding hydrogens is 208 g/mol. The lowest BCUT2D eigenvalue weighted by Crippen LogP contribution is -2.26. The van der Waals surface area contributed by atoms with Crippen LogP contribution in [0.5, 0.6) is 6.01 Å². The van der Waals surface area contributed by atoms with Crippen LogP contribution in [-0.4, -0.2) is 35.2 Å². The number of aromatic nitrogens is 3. The fourth-order valence-corrected chi connectivity index (χ4v) is 1.30. The van der Waals surface area contributed by atoms with Gasteiger partial charge in [-0.05, 0) is 19.3 Å². The lowest BCUT2D eigenvalue weighted by atomic mass is 9.96. The zero-order valence-corrected chi connectivity index (χ0v) is 9.47. The summed E-state index contributed by atoms with van der Waals surface area (Å²) in [6, 6.07) is 0.330. The van der Waals surface area contributed by atoms with E-state index in [4.69, 9.17) is 10.6 Å². The first-order valence-electron chi connectivity index (χ1n) is 5.25. The average Bonchev–Trinajstić information content (AvgIpc) is 2.23. The van der Waals surface area contributed by atoms with Crippen LogP contribution in [-0.2, 0) is 0 Å². The van der Waals surface area contributed by atoms with Gasteiger partial charge < -0.3 is 9.64 Å². The number of nitrogens with one attached hydrogen (secondary N) is 1. The van der Waals surface area contributed by atoms with Crippen molar-refractivity contribution in [2.75, 3.05) is 24.4 Å². The molecule has 16 heavy (non-hydrogen) atoms. The van der Waals surface area contributed by atoms with Gasteiger partial charge in [0.1, 0.15) is 6.10 Å². The van der Waals surface area contributed by atoms with E-state index >= 15 is 0 Å². The Morgan fingerprint density at radius 1 is 1.31 bits per heavy atom. The highest BCUT2D eigenvalue weighted by molar-refractivity contribution is 5.36. The summed E-state index contributed by atoms with van der Waals surface area (Å²) in [5.74, 6) is 6.13. The molecule has 7 heteroatoms. The predicted octanol–water partition coefficient (Wildman–Crippen LogP) is 0.154. The van der Waals surface area contributed by atoms with E-state index in [1.807, 2.05) is 14.1 Å². The van der Waals surface area contributed by atoms with E-state index in [0.717, 1.165) is 12.8 Å². The largest absolute Gasteiger partial charge is 0.460 e. The van der Waals surface area contributed by atoms with Crippen molar-refractivity contribution in [2.24, 2.45) is 5.84 Å². The minimum Gasteiger partial charge on any atom is -0.460 e. The van der Waals surface area contributed by atoms with Gasteiger partial charge in [0, 0.05) is 14.1 Å². The maximum absolute atomic E-state index is 5.60. The summed E-state index contributed by atoms with van der Waals surface area (Å²) < 4.78 is 5.60. The molecule has 2 rings (SSSR count). The SMILES string of the molecule is CN(C)c1nc(NN)nc(OC2CCC2)n1. The molecule has 3 N–H and O–H groups in total. The Bertz CT molecular complexity index is 365. The normalized spacial score (nSPS) is 15.4. The summed E-state index contributed by atoms with van der Waals surface area (Å²) in [4.78, 5) is 14.1.